The molecule has 1 aliphatic carbocycles. The average Bonchev–Trinajstić information content (AvgIpc) is 2.66. The molecule has 0 atom stereocenters. The van der Waals surface area contributed by atoms with Crippen LogP contribution in [0.25, 0.3) is 0 Å². The van der Waals surface area contributed by atoms with Gasteiger partial charge in [0.2, 0.25) is 0 Å². The molecular weight excluding hydrogens is 318 g/mol. The summed E-state index contributed by atoms with van der Waals surface area (Å²) in [6.45, 7) is 0.397. The molecule has 1 aromatic rings. The molecule has 0 heterocycles. The van der Waals surface area contributed by atoms with Crippen LogP contribution in [0.3, 0.4) is 0 Å². The van der Waals surface area contributed by atoms with Gasteiger partial charge in [-0.1, -0.05) is 23.8 Å². The maximum atomic E-state index is 11.7. The normalized spacial score (nSPS) is 13.7. The minimum absolute atomic E-state index is 0.208. The molecule has 136 valence electrons. The van der Waals surface area contributed by atoms with E-state index in [1.165, 1.54) is 18.4 Å². The lowest BCUT2D eigenvalue weighted by molar-refractivity contribution is -0.148. The standard InChI is InChI=1S/C20H27NO4/c1-24-18-10-7-17(8-11-18)9-12-20(23)25-15-19(22)21-14-13-16-5-3-2-4-6-16/h5,7-8,10-11H,2-4,6,9,12-15H2,1H3,(H,21,22). The number of allylic oxidation sites excluding steroid dienone is 1. The van der Waals surface area contributed by atoms with Gasteiger partial charge in [0.25, 0.3) is 5.91 Å². The van der Waals surface area contributed by atoms with Gasteiger partial charge in [-0.2, -0.15) is 0 Å². The molecule has 5 nitrogen and oxygen atoms in total. The molecule has 0 saturated carbocycles. The first kappa shape index (κ1) is 19.0. The van der Waals surface area contributed by atoms with Crippen molar-refractivity contribution in [1.82, 2.24) is 5.32 Å². The van der Waals surface area contributed by atoms with Crippen LogP contribution < -0.4 is 10.1 Å². The predicted octanol–water partition coefficient (Wildman–Crippen LogP) is 3.18. The van der Waals surface area contributed by atoms with Crippen LogP contribution in [0.4, 0.5) is 0 Å². The number of methoxy groups -OCH3 is 1. The smallest absolute Gasteiger partial charge is 0.306 e. The van der Waals surface area contributed by atoms with Gasteiger partial charge in [-0.3, -0.25) is 9.59 Å². The monoisotopic (exact) mass is 345 g/mol. The number of hydrogen-bond donors (Lipinski definition) is 1. The van der Waals surface area contributed by atoms with Crippen molar-refractivity contribution in [2.75, 3.05) is 20.3 Å². The number of ether oxygens (including phenoxy) is 2. The second-order valence-electron chi connectivity index (χ2n) is 6.22. The lowest BCUT2D eigenvalue weighted by Gasteiger charge is -2.13. The lowest BCUT2D eigenvalue weighted by Crippen LogP contribution is -2.29. The van der Waals surface area contributed by atoms with Gasteiger partial charge in [0.05, 0.1) is 7.11 Å². The summed E-state index contributed by atoms with van der Waals surface area (Å²) in [6.07, 6.45) is 8.79. The molecule has 0 spiro atoms. The zero-order valence-corrected chi connectivity index (χ0v) is 14.9. The predicted molar refractivity (Wildman–Crippen MR) is 96.5 cm³/mol. The van der Waals surface area contributed by atoms with Gasteiger partial charge in [0.15, 0.2) is 6.61 Å². The molecule has 0 bridgehead atoms. The number of nitrogens with one attached hydrogen (secondary N) is 1. The van der Waals surface area contributed by atoms with Gasteiger partial charge in [-0.15, -0.1) is 0 Å². The van der Waals surface area contributed by atoms with Crippen LogP contribution in [0.1, 0.15) is 44.1 Å². The summed E-state index contributed by atoms with van der Waals surface area (Å²) in [4.78, 5) is 23.4. The molecule has 0 radical (unpaired) electrons. The van der Waals surface area contributed by atoms with Gasteiger partial charge in [-0.05, 0) is 56.2 Å². The Kier molecular flexibility index (Phi) is 8.02. The highest BCUT2D eigenvalue weighted by Crippen LogP contribution is 2.19. The van der Waals surface area contributed by atoms with Crippen LogP contribution in [0, 0.1) is 0 Å². The molecule has 0 saturated heterocycles. The zero-order chi connectivity index (χ0) is 17.9. The number of amides is 1. The third kappa shape index (κ3) is 7.42. The van der Waals surface area contributed by atoms with E-state index in [1.54, 1.807) is 7.11 Å². The highest BCUT2D eigenvalue weighted by Gasteiger charge is 2.09. The van der Waals surface area contributed by atoms with E-state index < -0.39 is 0 Å². The molecular formula is C20H27NO4. The third-order valence-corrected chi connectivity index (χ3v) is 4.29. The number of benzene rings is 1. The van der Waals surface area contributed by atoms with Crippen LogP contribution in [0.15, 0.2) is 35.9 Å². The largest absolute Gasteiger partial charge is 0.497 e. The summed E-state index contributed by atoms with van der Waals surface area (Å²) in [5, 5.41) is 2.80. The van der Waals surface area contributed by atoms with Crippen molar-refractivity contribution in [3.05, 3.63) is 41.5 Å². The van der Waals surface area contributed by atoms with E-state index in [4.69, 9.17) is 9.47 Å². The van der Waals surface area contributed by atoms with Crippen LogP contribution >= 0.6 is 0 Å². The molecule has 1 amide bonds. The molecule has 0 aliphatic heterocycles. The Morgan fingerprint density at radius 1 is 1.12 bits per heavy atom. The summed E-state index contributed by atoms with van der Waals surface area (Å²) >= 11 is 0. The Balaban J connectivity index is 1.57. The summed E-state index contributed by atoms with van der Waals surface area (Å²) < 4.78 is 10.1. The molecule has 1 aromatic carbocycles. The summed E-state index contributed by atoms with van der Waals surface area (Å²) in [7, 11) is 1.61. The fourth-order valence-corrected chi connectivity index (χ4v) is 2.80. The third-order valence-electron chi connectivity index (χ3n) is 4.29. The van der Waals surface area contributed by atoms with E-state index in [1.807, 2.05) is 24.3 Å². The Hall–Kier alpha value is -2.30. The van der Waals surface area contributed by atoms with Crippen molar-refractivity contribution in [3.63, 3.8) is 0 Å². The fourth-order valence-electron chi connectivity index (χ4n) is 2.80. The summed E-state index contributed by atoms with van der Waals surface area (Å²) in [5.41, 5.74) is 2.45. The number of esters is 1. The fraction of sp³-hybridized carbons (Fsp3) is 0.500. The second-order valence-corrected chi connectivity index (χ2v) is 6.22. The minimum atomic E-state index is -0.360. The van der Waals surface area contributed by atoms with E-state index in [0.29, 0.717) is 13.0 Å². The van der Waals surface area contributed by atoms with E-state index in [2.05, 4.69) is 11.4 Å². The number of carbonyl (C=O) groups excluding carboxylic acids is 2. The van der Waals surface area contributed by atoms with Crippen molar-refractivity contribution in [1.29, 1.82) is 0 Å². The maximum absolute atomic E-state index is 11.7. The van der Waals surface area contributed by atoms with Gasteiger partial charge >= 0.3 is 5.97 Å². The van der Waals surface area contributed by atoms with Gasteiger partial charge in [0.1, 0.15) is 5.75 Å². The summed E-state index contributed by atoms with van der Waals surface area (Å²) in [6, 6.07) is 7.54. The van der Waals surface area contributed by atoms with E-state index >= 15 is 0 Å². The number of carbonyl (C=O) groups is 2. The van der Waals surface area contributed by atoms with Crippen LogP contribution in [-0.4, -0.2) is 32.1 Å². The van der Waals surface area contributed by atoms with Crippen molar-refractivity contribution < 1.29 is 19.1 Å². The zero-order valence-electron chi connectivity index (χ0n) is 14.9. The molecule has 0 aromatic heterocycles. The molecule has 2 rings (SSSR count). The van der Waals surface area contributed by atoms with E-state index in [0.717, 1.165) is 30.6 Å². The Labute approximate surface area is 149 Å². The quantitative estimate of drug-likeness (QED) is 0.551. The number of aryl methyl sites for hydroxylation is 1. The maximum Gasteiger partial charge on any atom is 0.306 e. The molecule has 5 heteroatoms. The number of rotatable bonds is 9. The molecule has 1 N–H and O–H groups in total. The van der Waals surface area contributed by atoms with Crippen molar-refractivity contribution in [2.24, 2.45) is 0 Å². The Morgan fingerprint density at radius 2 is 1.92 bits per heavy atom. The van der Waals surface area contributed by atoms with E-state index in [9.17, 15) is 9.59 Å². The van der Waals surface area contributed by atoms with Gasteiger partial charge < -0.3 is 14.8 Å². The first-order valence-corrected chi connectivity index (χ1v) is 8.90. The Morgan fingerprint density at radius 3 is 2.60 bits per heavy atom. The van der Waals surface area contributed by atoms with Crippen molar-refractivity contribution in [3.8, 4) is 5.75 Å². The van der Waals surface area contributed by atoms with Crippen LogP contribution in [0.5, 0.6) is 5.75 Å². The molecule has 25 heavy (non-hydrogen) atoms. The highest BCUT2D eigenvalue weighted by molar-refractivity contribution is 5.80. The number of hydrogen-bond acceptors (Lipinski definition) is 4. The molecule has 1 aliphatic rings. The average molecular weight is 345 g/mol. The highest BCUT2D eigenvalue weighted by atomic mass is 16.5. The van der Waals surface area contributed by atoms with Crippen LogP contribution in [-0.2, 0) is 20.7 Å². The minimum Gasteiger partial charge on any atom is -0.497 e. The van der Waals surface area contributed by atoms with Crippen LogP contribution in [0.2, 0.25) is 0 Å². The van der Waals surface area contributed by atoms with Crippen molar-refractivity contribution in [2.45, 2.75) is 44.9 Å². The van der Waals surface area contributed by atoms with Crippen molar-refractivity contribution >= 4 is 11.9 Å². The van der Waals surface area contributed by atoms with Gasteiger partial charge in [0, 0.05) is 13.0 Å². The first-order valence-electron chi connectivity index (χ1n) is 8.90. The second kappa shape index (κ2) is 10.5. The lowest BCUT2D eigenvalue weighted by atomic mass is 9.97. The topological polar surface area (TPSA) is 64.6 Å². The first-order chi connectivity index (χ1) is 12.2. The molecule has 0 fully saturated rings. The SMILES string of the molecule is COc1ccc(CCC(=O)OCC(=O)NCCC2=CCCCC2)cc1. The Bertz CT molecular complexity index is 592. The van der Waals surface area contributed by atoms with Gasteiger partial charge in [-0.25, -0.2) is 0 Å². The molecule has 0 unspecified atom stereocenters. The van der Waals surface area contributed by atoms with E-state index in [-0.39, 0.29) is 24.9 Å². The summed E-state index contributed by atoms with van der Waals surface area (Å²) in [5.74, 6) is 0.183.